The number of amides is 2. The SMILES string of the molecule is NS(=O)(=O)c1c(Cl)ccc(NC(=O)Nc2cccc(Cl)c2Cl)c1O.[NaH]. The molecule has 0 fully saturated rings. The number of phenolic OH excluding ortho intramolecular Hbond substituents is 1. The van der Waals surface area contributed by atoms with E-state index >= 15 is 0 Å². The summed E-state index contributed by atoms with van der Waals surface area (Å²) in [7, 11) is -4.29. The maximum absolute atomic E-state index is 12.0. The first-order chi connectivity index (χ1) is 11.1. The van der Waals surface area contributed by atoms with Crippen molar-refractivity contribution >= 4 is 91.8 Å². The molecule has 0 bridgehead atoms. The minimum atomic E-state index is -4.29. The van der Waals surface area contributed by atoms with Crippen LogP contribution >= 0.6 is 34.8 Å². The fourth-order valence-electron chi connectivity index (χ4n) is 1.79. The number of carbonyl (C=O) groups is 1. The number of carbonyl (C=O) groups excluding carboxylic acids is 1. The van der Waals surface area contributed by atoms with Crippen LogP contribution in [0.3, 0.4) is 0 Å². The van der Waals surface area contributed by atoms with Gasteiger partial charge in [-0.15, -0.1) is 0 Å². The molecular formula is C13H11Cl3N3NaO4S. The topological polar surface area (TPSA) is 122 Å². The molecule has 12 heteroatoms. The first-order valence-corrected chi connectivity index (χ1v) is 8.85. The van der Waals surface area contributed by atoms with Gasteiger partial charge in [0.25, 0.3) is 0 Å². The van der Waals surface area contributed by atoms with E-state index in [1.165, 1.54) is 24.3 Å². The zero-order valence-electron chi connectivity index (χ0n) is 11.7. The van der Waals surface area contributed by atoms with Gasteiger partial charge in [0.15, 0.2) is 5.75 Å². The Morgan fingerprint density at radius 1 is 1.00 bits per heavy atom. The molecule has 0 aliphatic carbocycles. The van der Waals surface area contributed by atoms with Crippen molar-refractivity contribution in [1.29, 1.82) is 0 Å². The number of aromatic hydroxyl groups is 1. The van der Waals surface area contributed by atoms with Crippen molar-refractivity contribution in [3.63, 3.8) is 0 Å². The van der Waals surface area contributed by atoms with Crippen molar-refractivity contribution < 1.29 is 18.3 Å². The Morgan fingerprint density at radius 3 is 2.20 bits per heavy atom. The number of phenols is 1. The number of anilines is 2. The number of hydrogen-bond donors (Lipinski definition) is 4. The first-order valence-electron chi connectivity index (χ1n) is 6.17. The summed E-state index contributed by atoms with van der Waals surface area (Å²) in [4.78, 5) is 11.3. The van der Waals surface area contributed by atoms with Gasteiger partial charge in [-0.1, -0.05) is 40.9 Å². The molecule has 130 valence electrons. The molecule has 0 aliphatic rings. The Hall–Kier alpha value is -0.710. The van der Waals surface area contributed by atoms with Crippen molar-refractivity contribution in [3.8, 4) is 5.75 Å². The van der Waals surface area contributed by atoms with Gasteiger partial charge >= 0.3 is 35.6 Å². The van der Waals surface area contributed by atoms with E-state index in [1.54, 1.807) is 6.07 Å². The number of sulfonamides is 1. The van der Waals surface area contributed by atoms with Crippen LogP contribution in [0.2, 0.25) is 15.1 Å². The van der Waals surface area contributed by atoms with Crippen LogP contribution in [-0.2, 0) is 10.0 Å². The maximum atomic E-state index is 12.0. The summed E-state index contributed by atoms with van der Waals surface area (Å²) in [6, 6.07) is 6.20. The molecule has 2 aromatic rings. The number of urea groups is 1. The van der Waals surface area contributed by atoms with E-state index in [0.29, 0.717) is 0 Å². The third kappa shape index (κ3) is 5.38. The van der Waals surface area contributed by atoms with Gasteiger partial charge in [0, 0.05) is 0 Å². The van der Waals surface area contributed by atoms with Crippen molar-refractivity contribution in [3.05, 3.63) is 45.4 Å². The standard InChI is InChI=1S/C13H10Cl3N3O4S.Na.H/c14-6-2-1-3-8(10(6)16)18-13(21)19-9-5-4-7(15)12(11(9)20)24(17,22)23;;/h1-5,20H,(H2,17,22,23)(H2,18,19,21);;. The summed E-state index contributed by atoms with van der Waals surface area (Å²) in [5.41, 5.74) is 0.0147. The van der Waals surface area contributed by atoms with Crippen molar-refractivity contribution in [2.75, 3.05) is 10.6 Å². The number of hydrogen-bond acceptors (Lipinski definition) is 4. The molecule has 0 spiro atoms. The molecule has 0 aliphatic heterocycles. The van der Waals surface area contributed by atoms with Crippen LogP contribution < -0.4 is 15.8 Å². The third-order valence-corrected chi connectivity index (χ3v) is 5.04. The fourth-order valence-corrected chi connectivity index (χ4v) is 3.34. The van der Waals surface area contributed by atoms with Crippen molar-refractivity contribution in [2.45, 2.75) is 4.90 Å². The monoisotopic (exact) mass is 433 g/mol. The molecule has 0 saturated heterocycles. The predicted octanol–water partition coefficient (Wildman–Crippen LogP) is 3.00. The molecule has 2 rings (SSSR count). The Kier molecular flexibility index (Phi) is 7.85. The predicted molar refractivity (Wildman–Crippen MR) is 101 cm³/mol. The second kappa shape index (κ2) is 8.79. The van der Waals surface area contributed by atoms with Crippen LogP contribution in [0.1, 0.15) is 0 Å². The fraction of sp³-hybridized carbons (Fsp3) is 0. The third-order valence-electron chi connectivity index (χ3n) is 2.82. The molecule has 2 amide bonds. The molecule has 0 heterocycles. The summed E-state index contributed by atoms with van der Waals surface area (Å²) in [5.74, 6) is -0.780. The van der Waals surface area contributed by atoms with Crippen LogP contribution in [0.5, 0.6) is 5.75 Å². The molecule has 2 aromatic carbocycles. The number of nitrogens with one attached hydrogen (secondary N) is 2. The molecular weight excluding hydrogens is 424 g/mol. The zero-order valence-corrected chi connectivity index (χ0v) is 14.8. The van der Waals surface area contributed by atoms with Gasteiger partial charge in [-0.3, -0.25) is 0 Å². The number of halogens is 3. The van der Waals surface area contributed by atoms with Crippen molar-refractivity contribution in [1.82, 2.24) is 0 Å². The molecule has 7 nitrogen and oxygen atoms in total. The Morgan fingerprint density at radius 2 is 1.60 bits per heavy atom. The zero-order chi connectivity index (χ0) is 18.1. The first kappa shape index (κ1) is 22.3. The van der Waals surface area contributed by atoms with E-state index < -0.39 is 26.7 Å². The number of benzene rings is 2. The average molecular weight is 435 g/mol. The van der Waals surface area contributed by atoms with E-state index in [-0.39, 0.29) is 56.0 Å². The van der Waals surface area contributed by atoms with Crippen LogP contribution in [0.15, 0.2) is 35.2 Å². The van der Waals surface area contributed by atoms with E-state index in [9.17, 15) is 18.3 Å². The Bertz CT molecular complexity index is 925. The Labute approximate surface area is 180 Å². The van der Waals surface area contributed by atoms with Gasteiger partial charge in [-0.05, 0) is 24.3 Å². The molecule has 0 unspecified atom stereocenters. The quantitative estimate of drug-likeness (QED) is 0.438. The normalized spacial score (nSPS) is 10.7. The summed E-state index contributed by atoms with van der Waals surface area (Å²) < 4.78 is 22.9. The number of nitrogens with two attached hydrogens (primary N) is 1. The van der Waals surface area contributed by atoms with E-state index in [4.69, 9.17) is 39.9 Å². The Balaban J connectivity index is 0.00000312. The summed E-state index contributed by atoms with van der Waals surface area (Å²) in [6.07, 6.45) is 0. The average Bonchev–Trinajstić information content (AvgIpc) is 2.45. The van der Waals surface area contributed by atoms with Crippen LogP contribution in [0.4, 0.5) is 16.2 Å². The van der Waals surface area contributed by atoms with E-state index in [2.05, 4.69) is 10.6 Å². The molecule has 0 radical (unpaired) electrons. The van der Waals surface area contributed by atoms with Crippen molar-refractivity contribution in [2.24, 2.45) is 5.14 Å². The van der Waals surface area contributed by atoms with Gasteiger partial charge in [0.05, 0.1) is 26.4 Å². The number of primary sulfonamides is 1. The number of rotatable bonds is 3. The van der Waals surface area contributed by atoms with Gasteiger partial charge in [-0.25, -0.2) is 18.4 Å². The summed E-state index contributed by atoms with van der Waals surface area (Å²) in [5, 5.41) is 19.7. The molecule has 25 heavy (non-hydrogen) atoms. The second-order valence-corrected chi connectivity index (χ2v) is 7.19. The van der Waals surface area contributed by atoms with Gasteiger partial charge in [-0.2, -0.15) is 0 Å². The molecule has 0 aromatic heterocycles. The van der Waals surface area contributed by atoms with Crippen LogP contribution in [-0.4, -0.2) is 49.1 Å². The molecule has 0 saturated carbocycles. The van der Waals surface area contributed by atoms with Crippen LogP contribution in [0, 0.1) is 0 Å². The van der Waals surface area contributed by atoms with Crippen LogP contribution in [0.25, 0.3) is 0 Å². The van der Waals surface area contributed by atoms with Gasteiger partial charge in [0.1, 0.15) is 4.90 Å². The van der Waals surface area contributed by atoms with E-state index in [1.807, 2.05) is 0 Å². The van der Waals surface area contributed by atoms with Gasteiger partial charge in [0.2, 0.25) is 10.0 Å². The minimum absolute atomic E-state index is 0. The second-order valence-electron chi connectivity index (χ2n) is 4.50. The summed E-state index contributed by atoms with van der Waals surface area (Å²) in [6.45, 7) is 0. The molecule has 0 atom stereocenters. The summed E-state index contributed by atoms with van der Waals surface area (Å²) >= 11 is 17.5. The van der Waals surface area contributed by atoms with E-state index in [0.717, 1.165) is 0 Å². The molecule has 5 N–H and O–H groups in total. The van der Waals surface area contributed by atoms with Gasteiger partial charge < -0.3 is 15.7 Å².